The number of hydrogen-bond donors (Lipinski definition) is 0. The summed E-state index contributed by atoms with van der Waals surface area (Å²) in [6.07, 6.45) is 0. The first-order valence-corrected chi connectivity index (χ1v) is 17.5. The predicted molar refractivity (Wildman–Crippen MR) is 213 cm³/mol. The first-order chi connectivity index (χ1) is 25.8. The van der Waals surface area contributed by atoms with Gasteiger partial charge in [-0.05, 0) is 53.6 Å². The predicted octanol–water partition coefficient (Wildman–Crippen LogP) is 12.7. The molecule has 10 rings (SSSR count). The highest BCUT2D eigenvalue weighted by atomic mass is 16.3. The van der Waals surface area contributed by atoms with Crippen molar-refractivity contribution >= 4 is 32.8 Å². The molecule has 4 nitrogen and oxygen atoms in total. The Morgan fingerprint density at radius 3 is 1.75 bits per heavy atom. The van der Waals surface area contributed by atoms with Gasteiger partial charge in [-0.1, -0.05) is 146 Å². The summed E-state index contributed by atoms with van der Waals surface area (Å²) < 4.78 is 8.96. The molecule has 0 aliphatic carbocycles. The fourth-order valence-corrected chi connectivity index (χ4v) is 7.30. The van der Waals surface area contributed by atoms with Crippen LogP contribution in [0.3, 0.4) is 0 Å². The molecule has 244 valence electrons. The summed E-state index contributed by atoms with van der Waals surface area (Å²) in [5.74, 6) is 1.56. The molecule has 52 heavy (non-hydrogen) atoms. The van der Waals surface area contributed by atoms with E-state index < -0.39 is 0 Å². The van der Waals surface area contributed by atoms with E-state index in [1.54, 1.807) is 0 Å². The summed E-state index contributed by atoms with van der Waals surface area (Å²) in [6.45, 7) is 0. The van der Waals surface area contributed by atoms with Crippen molar-refractivity contribution in [2.24, 2.45) is 0 Å². The molecule has 0 fully saturated rings. The second kappa shape index (κ2) is 12.4. The van der Waals surface area contributed by atoms with Gasteiger partial charge in [0, 0.05) is 38.7 Å². The number of hydrogen-bond acceptors (Lipinski definition) is 3. The lowest BCUT2D eigenvalue weighted by Gasteiger charge is -2.12. The van der Waals surface area contributed by atoms with Gasteiger partial charge in [-0.2, -0.15) is 0 Å². The Bertz CT molecular complexity index is 2870. The van der Waals surface area contributed by atoms with Crippen molar-refractivity contribution in [2.75, 3.05) is 0 Å². The third-order valence-electron chi connectivity index (χ3n) is 9.82. The molecule has 0 saturated carbocycles. The molecule has 3 heterocycles. The lowest BCUT2D eigenvalue weighted by Crippen LogP contribution is -1.98. The molecule has 0 radical (unpaired) electrons. The van der Waals surface area contributed by atoms with Crippen LogP contribution in [0.4, 0.5) is 0 Å². The summed E-state index contributed by atoms with van der Waals surface area (Å²) in [6, 6.07) is 65.4. The number of benzene rings is 7. The van der Waals surface area contributed by atoms with Crippen LogP contribution in [0.25, 0.3) is 94.8 Å². The molecule has 0 N–H and O–H groups in total. The van der Waals surface area contributed by atoms with Crippen LogP contribution in [0, 0.1) is 0 Å². The number of nitrogens with zero attached hydrogens (tertiary/aromatic N) is 3. The fourth-order valence-electron chi connectivity index (χ4n) is 7.30. The maximum atomic E-state index is 6.63. The minimum absolute atomic E-state index is 0.692. The van der Waals surface area contributed by atoms with E-state index in [0.717, 1.165) is 77.9 Å². The highest BCUT2D eigenvalue weighted by Gasteiger charge is 2.19. The molecule has 0 atom stereocenters. The van der Waals surface area contributed by atoms with Crippen molar-refractivity contribution in [3.8, 4) is 62.0 Å². The molecule has 0 aliphatic rings. The van der Waals surface area contributed by atoms with E-state index in [2.05, 4.69) is 150 Å². The highest BCUT2D eigenvalue weighted by Crippen LogP contribution is 2.40. The molecule has 0 spiro atoms. The monoisotopic (exact) mass is 665 g/mol. The Kier molecular flexibility index (Phi) is 7.10. The standard InChI is InChI=1S/C48H31N3O/c1-4-13-32(14-5-1)33-23-25-34(26-24-33)41-31-42(50-48(49-41)36-17-8-3-9-18-36)37-19-12-20-39(29-37)51-43-22-11-10-21-40(43)46-44(51)28-27-38-30-45(52-47(38)46)35-15-6-2-7-16-35/h1-31H. The van der Waals surface area contributed by atoms with Crippen LogP contribution in [0.5, 0.6) is 0 Å². The second-order valence-corrected chi connectivity index (χ2v) is 13.0. The number of fused-ring (bicyclic) bond motifs is 5. The highest BCUT2D eigenvalue weighted by molar-refractivity contribution is 6.20. The van der Waals surface area contributed by atoms with E-state index in [4.69, 9.17) is 14.4 Å². The molecule has 0 bridgehead atoms. The largest absolute Gasteiger partial charge is 0.455 e. The van der Waals surface area contributed by atoms with Gasteiger partial charge in [0.25, 0.3) is 0 Å². The average molecular weight is 666 g/mol. The number of aromatic nitrogens is 3. The lowest BCUT2D eigenvalue weighted by atomic mass is 10.0. The summed E-state index contributed by atoms with van der Waals surface area (Å²) in [4.78, 5) is 10.2. The zero-order chi connectivity index (χ0) is 34.4. The van der Waals surface area contributed by atoms with Crippen molar-refractivity contribution in [2.45, 2.75) is 0 Å². The Hall–Kier alpha value is -7.04. The van der Waals surface area contributed by atoms with E-state index in [-0.39, 0.29) is 0 Å². The third kappa shape index (κ3) is 5.17. The Labute approximate surface area is 300 Å². The maximum Gasteiger partial charge on any atom is 0.160 e. The SMILES string of the molecule is c1ccc(-c2ccc(-c3cc(-c4cccc(-n5c6ccccc6c6c7oc(-c8ccccc8)cc7ccc65)c4)nc(-c4ccccc4)n3)cc2)cc1. The fraction of sp³-hybridized carbons (Fsp3) is 0. The van der Waals surface area contributed by atoms with Crippen LogP contribution in [0.15, 0.2) is 192 Å². The van der Waals surface area contributed by atoms with Crippen molar-refractivity contribution < 1.29 is 4.42 Å². The van der Waals surface area contributed by atoms with Crippen LogP contribution in [-0.4, -0.2) is 14.5 Å². The van der Waals surface area contributed by atoms with Crippen molar-refractivity contribution in [3.05, 3.63) is 188 Å². The topological polar surface area (TPSA) is 43.9 Å². The van der Waals surface area contributed by atoms with E-state index in [1.165, 1.54) is 11.1 Å². The Morgan fingerprint density at radius 1 is 0.404 bits per heavy atom. The maximum absolute atomic E-state index is 6.63. The molecule has 0 saturated heterocycles. The second-order valence-electron chi connectivity index (χ2n) is 13.0. The summed E-state index contributed by atoms with van der Waals surface area (Å²) in [5.41, 5.74) is 12.3. The van der Waals surface area contributed by atoms with Crippen LogP contribution in [0.1, 0.15) is 0 Å². The van der Waals surface area contributed by atoms with Gasteiger partial charge in [-0.3, -0.25) is 0 Å². The van der Waals surface area contributed by atoms with Crippen molar-refractivity contribution in [1.82, 2.24) is 14.5 Å². The van der Waals surface area contributed by atoms with Gasteiger partial charge in [-0.15, -0.1) is 0 Å². The molecule has 7 aromatic carbocycles. The van der Waals surface area contributed by atoms with Crippen LogP contribution in [-0.2, 0) is 0 Å². The zero-order valence-corrected chi connectivity index (χ0v) is 28.1. The van der Waals surface area contributed by atoms with E-state index >= 15 is 0 Å². The first-order valence-electron chi connectivity index (χ1n) is 17.5. The third-order valence-corrected chi connectivity index (χ3v) is 9.82. The molecule has 3 aromatic heterocycles. The summed E-state index contributed by atoms with van der Waals surface area (Å²) >= 11 is 0. The quantitative estimate of drug-likeness (QED) is 0.178. The van der Waals surface area contributed by atoms with Gasteiger partial charge in [0.05, 0.1) is 27.8 Å². The van der Waals surface area contributed by atoms with E-state index in [9.17, 15) is 0 Å². The van der Waals surface area contributed by atoms with Gasteiger partial charge in [0.2, 0.25) is 0 Å². The summed E-state index contributed by atoms with van der Waals surface area (Å²) in [7, 11) is 0. The van der Waals surface area contributed by atoms with Crippen molar-refractivity contribution in [1.29, 1.82) is 0 Å². The minimum Gasteiger partial charge on any atom is -0.455 e. The van der Waals surface area contributed by atoms with Crippen molar-refractivity contribution in [3.63, 3.8) is 0 Å². The van der Waals surface area contributed by atoms with Crippen LogP contribution < -0.4 is 0 Å². The zero-order valence-electron chi connectivity index (χ0n) is 28.1. The average Bonchev–Trinajstić information content (AvgIpc) is 3.82. The molecule has 4 heteroatoms. The molecule has 10 aromatic rings. The minimum atomic E-state index is 0.692. The Morgan fingerprint density at radius 2 is 1.00 bits per heavy atom. The van der Waals surface area contributed by atoms with Gasteiger partial charge in [-0.25, -0.2) is 9.97 Å². The van der Waals surface area contributed by atoms with E-state index in [1.807, 2.05) is 42.5 Å². The first kappa shape index (κ1) is 29.8. The molecule has 0 aliphatic heterocycles. The number of rotatable bonds is 6. The Balaban J connectivity index is 1.12. The smallest absolute Gasteiger partial charge is 0.160 e. The van der Waals surface area contributed by atoms with Gasteiger partial charge in [0.1, 0.15) is 11.3 Å². The lowest BCUT2D eigenvalue weighted by molar-refractivity contribution is 0.635. The van der Waals surface area contributed by atoms with Gasteiger partial charge < -0.3 is 8.98 Å². The summed E-state index contributed by atoms with van der Waals surface area (Å²) in [5, 5.41) is 3.34. The van der Waals surface area contributed by atoms with Gasteiger partial charge in [0.15, 0.2) is 5.82 Å². The molecule has 0 unspecified atom stereocenters. The number of furan rings is 1. The molecular formula is C48H31N3O. The number of para-hydroxylation sites is 1. The van der Waals surface area contributed by atoms with Crippen LogP contribution >= 0.6 is 0 Å². The van der Waals surface area contributed by atoms with Crippen LogP contribution in [0.2, 0.25) is 0 Å². The molecule has 0 amide bonds. The van der Waals surface area contributed by atoms with E-state index in [0.29, 0.717) is 5.82 Å². The van der Waals surface area contributed by atoms with Gasteiger partial charge >= 0.3 is 0 Å². The molecular weight excluding hydrogens is 635 g/mol. The normalized spacial score (nSPS) is 11.5.